The molecule has 0 aliphatic carbocycles. The summed E-state index contributed by atoms with van der Waals surface area (Å²) in [6, 6.07) is 21.1. The number of aromatic nitrogens is 6. The highest BCUT2D eigenvalue weighted by atomic mass is 32.7. The van der Waals surface area contributed by atoms with Crippen LogP contribution in [0.5, 0.6) is 5.75 Å². The number of alkyl halides is 2. The fraction of sp³-hybridized carbons (Fsp3) is 0.300. The number of phosphoric acid groups is 1. The van der Waals surface area contributed by atoms with Gasteiger partial charge >= 0.3 is 26.3 Å². The molecule has 9 rings (SSSR count). The summed E-state index contributed by atoms with van der Waals surface area (Å²) in [4.78, 5) is 64.4. The molecular formula is C40H37F2N7O13P2S. The molecule has 0 amide bonds. The fourth-order valence-electron chi connectivity index (χ4n) is 7.31. The second-order valence-corrected chi connectivity index (χ2v) is 20.4. The van der Waals surface area contributed by atoms with Crippen LogP contribution in [0.25, 0.3) is 22.3 Å². The molecular weight excluding hydrogens is 918 g/mol. The van der Waals surface area contributed by atoms with Crippen LogP contribution in [0, 0.1) is 6.92 Å². The molecule has 340 valence electrons. The van der Waals surface area contributed by atoms with Gasteiger partial charge in [0.2, 0.25) is 0 Å². The molecule has 0 saturated carbocycles. The van der Waals surface area contributed by atoms with Crippen LogP contribution < -0.4 is 21.7 Å². The van der Waals surface area contributed by atoms with Crippen LogP contribution in [-0.4, -0.2) is 89.9 Å². The van der Waals surface area contributed by atoms with Crippen molar-refractivity contribution in [1.82, 2.24) is 29.1 Å². The van der Waals surface area contributed by atoms with Crippen LogP contribution in [0.4, 0.5) is 14.6 Å². The number of hydrogen-bond acceptors (Lipinski definition) is 17. The lowest BCUT2D eigenvalue weighted by atomic mass is 10.1. The molecule has 0 spiro atoms. The van der Waals surface area contributed by atoms with E-state index < -0.39 is 94.3 Å². The van der Waals surface area contributed by atoms with E-state index in [0.717, 1.165) is 22.7 Å². The number of fused-ring (bicyclic) bond motifs is 5. The number of aryl methyl sites for hydroxylation is 1. The molecule has 4 N–H and O–H groups in total. The Morgan fingerprint density at radius 2 is 1.55 bits per heavy atom. The smallest absolute Gasteiger partial charge is 0.423 e. The maximum atomic E-state index is 16.8. The Hall–Kier alpha value is -5.45. The van der Waals surface area contributed by atoms with E-state index in [-0.39, 0.29) is 34.0 Å². The zero-order valence-corrected chi connectivity index (χ0v) is 36.3. The van der Waals surface area contributed by atoms with Gasteiger partial charge in [0, 0.05) is 11.9 Å². The molecule has 3 saturated heterocycles. The standard InChI is InChI=1S/C40H37F2N7O13P2S/c1-21-7-11-24(12-8-21)39(51)58-25-13-9-22(10-14-25)18-65-64(55)57-17-28-29(41)32(38(60-28)49-20-46-31-34(43)44-19-45-35(31)49)61-63(53,54)56-16-27-30(42)33(62-64)37(59-27)48-15-26(36(50)47-40(48)52)23-5-3-2-4-6-23/h2-15,19-20,27-30,32-33,37-38H,16-18H2,1H3,(H,53,54)(H2,43,44,45)(H,47,50,52)/t27-,28-,29-,30-,32-,33-,37-,38-,64?/m1/s1. The number of carbonyl (C=O) groups is 1. The Labute approximate surface area is 369 Å². The van der Waals surface area contributed by atoms with Crippen LogP contribution in [0.1, 0.15) is 33.9 Å². The van der Waals surface area contributed by atoms with Gasteiger partial charge in [-0.1, -0.05) is 60.2 Å². The number of nitrogens with two attached hydrogens (primary N) is 1. The number of nitrogens with zero attached hydrogens (tertiary/aromatic N) is 5. The summed E-state index contributed by atoms with van der Waals surface area (Å²) < 4.78 is 104. The van der Waals surface area contributed by atoms with Gasteiger partial charge in [0.25, 0.3) is 5.56 Å². The SMILES string of the molecule is Cc1ccc(C(=O)Oc2ccc(CSP3(=O)OC[C@H]4O[C@@H](n5cnc6c(N)ncnc65)[C@H](OP(=O)(O)OC[C@H]5O[C@@H](n6cc(-c7ccccc7)c(=O)[nH]c6=O)[C@H](O3)[C@@H]5F)[C@@H]4F)cc2)cc1. The van der Waals surface area contributed by atoms with Gasteiger partial charge in [-0.05, 0) is 53.7 Å². The number of imidazole rings is 1. The average molecular weight is 956 g/mol. The van der Waals surface area contributed by atoms with Crippen molar-refractivity contribution < 1.29 is 59.9 Å². The molecule has 3 aromatic carbocycles. The van der Waals surface area contributed by atoms with Crippen molar-refractivity contribution in [2.24, 2.45) is 0 Å². The van der Waals surface area contributed by atoms with Crippen LogP contribution in [0.2, 0.25) is 0 Å². The normalized spacial score (nSPS) is 29.4. The van der Waals surface area contributed by atoms with Gasteiger partial charge in [-0.3, -0.25) is 37.0 Å². The second-order valence-electron chi connectivity index (χ2n) is 15.0. The molecule has 20 nitrogen and oxygen atoms in total. The molecule has 6 aromatic rings. The maximum absolute atomic E-state index is 16.8. The number of aromatic amines is 1. The second kappa shape index (κ2) is 18.1. The van der Waals surface area contributed by atoms with Crippen molar-refractivity contribution in [2.75, 3.05) is 18.9 Å². The van der Waals surface area contributed by atoms with Crippen LogP contribution in [-0.2, 0) is 42.5 Å². The first-order chi connectivity index (χ1) is 31.1. The first-order valence-corrected chi connectivity index (χ1v) is 24.3. The van der Waals surface area contributed by atoms with Crippen molar-refractivity contribution in [3.8, 4) is 16.9 Å². The predicted molar refractivity (Wildman–Crippen MR) is 227 cm³/mol. The lowest BCUT2D eigenvalue weighted by Gasteiger charge is -2.27. The number of benzene rings is 3. The number of ether oxygens (including phenoxy) is 3. The number of carbonyl (C=O) groups excluding carboxylic acids is 1. The molecule has 3 aliphatic heterocycles. The summed E-state index contributed by atoms with van der Waals surface area (Å²) in [5.41, 5.74) is 6.38. The Balaban J connectivity index is 1.04. The molecule has 2 unspecified atom stereocenters. The van der Waals surface area contributed by atoms with E-state index >= 15 is 13.3 Å². The van der Waals surface area contributed by atoms with E-state index in [1.807, 2.05) is 6.92 Å². The summed E-state index contributed by atoms with van der Waals surface area (Å²) in [5, 5.41) is 0. The van der Waals surface area contributed by atoms with Gasteiger partial charge in [0.1, 0.15) is 42.0 Å². The molecule has 3 aliphatic rings. The van der Waals surface area contributed by atoms with Gasteiger partial charge in [0.15, 0.2) is 36.3 Å². The number of nitrogens with one attached hydrogen (secondary N) is 1. The zero-order valence-electron chi connectivity index (χ0n) is 33.7. The minimum absolute atomic E-state index is 0.0276. The minimum atomic E-state index is -5.31. The van der Waals surface area contributed by atoms with E-state index in [1.54, 1.807) is 66.7 Å². The highest BCUT2D eigenvalue weighted by molar-refractivity contribution is 8.54. The fourth-order valence-corrected chi connectivity index (χ4v) is 11.6. The third-order valence-corrected chi connectivity index (χ3v) is 15.3. The van der Waals surface area contributed by atoms with Crippen molar-refractivity contribution in [3.63, 3.8) is 0 Å². The molecule has 65 heavy (non-hydrogen) atoms. The summed E-state index contributed by atoms with van der Waals surface area (Å²) in [5.74, 6) is -0.563. The van der Waals surface area contributed by atoms with Gasteiger partial charge in [0.05, 0.1) is 30.7 Å². The molecule has 0 radical (unpaired) electrons. The Bertz CT molecular complexity index is 2950. The zero-order chi connectivity index (χ0) is 45.6. The highest BCUT2D eigenvalue weighted by Crippen LogP contribution is 2.65. The molecule has 4 bridgehead atoms. The summed E-state index contributed by atoms with van der Waals surface area (Å²) in [7, 11) is -5.31. The number of esters is 1. The monoisotopic (exact) mass is 955 g/mol. The molecule has 6 heterocycles. The lowest BCUT2D eigenvalue weighted by molar-refractivity contribution is -0.0648. The first-order valence-electron chi connectivity index (χ1n) is 19.7. The van der Waals surface area contributed by atoms with Gasteiger partial charge in [-0.2, -0.15) is 0 Å². The van der Waals surface area contributed by atoms with Gasteiger partial charge in [-0.25, -0.2) is 42.5 Å². The van der Waals surface area contributed by atoms with Crippen LogP contribution in [0.15, 0.2) is 107 Å². The average Bonchev–Trinajstić information content (AvgIpc) is 3.95. The number of halogens is 2. The number of hydrogen-bond donors (Lipinski definition) is 3. The van der Waals surface area contributed by atoms with E-state index in [2.05, 4.69) is 19.9 Å². The summed E-state index contributed by atoms with van der Waals surface area (Å²) >= 11 is 0.568. The molecule has 25 heteroatoms. The van der Waals surface area contributed by atoms with E-state index in [4.69, 9.17) is 38.0 Å². The number of H-pyrrole nitrogens is 1. The third-order valence-electron chi connectivity index (χ3n) is 10.6. The Morgan fingerprint density at radius 3 is 2.26 bits per heavy atom. The van der Waals surface area contributed by atoms with Gasteiger partial charge < -0.3 is 24.8 Å². The van der Waals surface area contributed by atoms with Crippen molar-refractivity contribution in [3.05, 3.63) is 135 Å². The number of rotatable bonds is 8. The summed E-state index contributed by atoms with van der Waals surface area (Å²) in [6.45, 7) is -4.77. The number of nitrogen functional groups attached to an aromatic ring is 1. The van der Waals surface area contributed by atoms with Crippen molar-refractivity contribution >= 4 is 49.0 Å². The Kier molecular flexibility index (Phi) is 12.4. The molecule has 3 aromatic heterocycles. The predicted octanol–water partition coefficient (Wildman–Crippen LogP) is 5.58. The minimum Gasteiger partial charge on any atom is -0.423 e. The van der Waals surface area contributed by atoms with Crippen molar-refractivity contribution in [1.29, 1.82) is 0 Å². The highest BCUT2D eigenvalue weighted by Gasteiger charge is 2.55. The number of phosphoric ester groups is 1. The quantitative estimate of drug-likeness (QED) is 0.0955. The van der Waals surface area contributed by atoms with Crippen LogP contribution in [0.3, 0.4) is 0 Å². The van der Waals surface area contributed by atoms with Gasteiger partial charge in [-0.15, -0.1) is 0 Å². The lowest BCUT2D eigenvalue weighted by Crippen LogP contribution is -2.38. The van der Waals surface area contributed by atoms with Crippen molar-refractivity contribution in [2.45, 2.75) is 61.9 Å². The largest absolute Gasteiger partial charge is 0.472 e. The van der Waals surface area contributed by atoms with Crippen LogP contribution >= 0.6 is 26.0 Å². The molecule has 10 atom stereocenters. The third kappa shape index (κ3) is 9.34. The van der Waals surface area contributed by atoms with E-state index in [1.165, 1.54) is 23.0 Å². The topological polar surface area (TPSA) is 261 Å². The van der Waals surface area contributed by atoms with E-state index in [9.17, 15) is 23.8 Å². The van der Waals surface area contributed by atoms with E-state index in [0.29, 0.717) is 28.1 Å². The summed E-state index contributed by atoms with van der Waals surface area (Å²) in [6.07, 6.45) is -12.0. The maximum Gasteiger partial charge on any atom is 0.472 e. The first kappa shape index (κ1) is 44.7. The Morgan fingerprint density at radius 1 is 0.892 bits per heavy atom. The molecule has 3 fully saturated rings. The number of anilines is 1.